The molecule has 0 unspecified atom stereocenters. The Bertz CT molecular complexity index is 937. The molecule has 8 heteroatoms. The first-order valence-corrected chi connectivity index (χ1v) is 8.37. The van der Waals surface area contributed by atoms with Crippen LogP contribution in [0, 0.1) is 0 Å². The van der Waals surface area contributed by atoms with Crippen molar-refractivity contribution in [1.29, 1.82) is 0 Å². The highest BCUT2D eigenvalue weighted by Gasteiger charge is 2.30. The number of alkyl halides is 3. The van der Waals surface area contributed by atoms with Crippen molar-refractivity contribution in [3.63, 3.8) is 0 Å². The Morgan fingerprint density at radius 1 is 1.12 bits per heavy atom. The van der Waals surface area contributed by atoms with Crippen molar-refractivity contribution in [2.75, 3.05) is 0 Å². The molecule has 26 heavy (non-hydrogen) atoms. The molecule has 0 aliphatic rings. The zero-order chi connectivity index (χ0) is 18.7. The number of halogens is 3. The second-order valence-corrected chi connectivity index (χ2v) is 6.49. The molecule has 0 aliphatic heterocycles. The third kappa shape index (κ3) is 3.75. The Balaban J connectivity index is 2.05. The van der Waals surface area contributed by atoms with E-state index in [4.69, 9.17) is 5.21 Å². The zero-order valence-corrected chi connectivity index (χ0v) is 14.4. The lowest BCUT2D eigenvalue weighted by Crippen LogP contribution is -2.04. The van der Waals surface area contributed by atoms with Gasteiger partial charge in [-0.2, -0.15) is 18.3 Å². The van der Waals surface area contributed by atoms with E-state index in [1.807, 2.05) is 30.3 Å². The van der Waals surface area contributed by atoms with Gasteiger partial charge in [0.1, 0.15) is 10.7 Å². The highest BCUT2D eigenvalue weighted by Crippen LogP contribution is 2.37. The third-order valence-corrected chi connectivity index (χ3v) is 4.81. The third-order valence-electron chi connectivity index (χ3n) is 3.64. The van der Waals surface area contributed by atoms with Crippen LogP contribution in [0.15, 0.2) is 69.7 Å². The summed E-state index contributed by atoms with van der Waals surface area (Å²) in [7, 11) is 1.69. The molecule has 1 heterocycles. The number of benzene rings is 2. The quantitative estimate of drug-likeness (QED) is 0.393. The molecule has 0 spiro atoms. The average molecular weight is 377 g/mol. The molecule has 2 aromatic carbocycles. The number of hydrogen-bond acceptors (Lipinski definition) is 4. The summed E-state index contributed by atoms with van der Waals surface area (Å²) in [5.74, 6) is 0. The van der Waals surface area contributed by atoms with Gasteiger partial charge in [-0.3, -0.25) is 4.68 Å². The molecular weight excluding hydrogens is 363 g/mol. The Kier molecular flexibility index (Phi) is 5.03. The Labute approximate surface area is 152 Å². The van der Waals surface area contributed by atoms with Crippen LogP contribution in [0.25, 0.3) is 11.3 Å². The molecule has 0 amide bonds. The maximum Gasteiger partial charge on any atom is 0.416 e. The Morgan fingerprint density at radius 2 is 1.85 bits per heavy atom. The van der Waals surface area contributed by atoms with Gasteiger partial charge in [-0.15, -0.1) is 0 Å². The number of nitrogens with zero attached hydrogens (tertiary/aromatic N) is 3. The van der Waals surface area contributed by atoms with Crippen molar-refractivity contribution in [3.05, 3.63) is 65.7 Å². The topological polar surface area (TPSA) is 50.4 Å². The molecule has 0 fully saturated rings. The molecule has 0 saturated heterocycles. The number of hydrogen-bond donors (Lipinski definition) is 1. The van der Waals surface area contributed by atoms with Gasteiger partial charge in [0.05, 0.1) is 17.3 Å². The van der Waals surface area contributed by atoms with E-state index < -0.39 is 11.7 Å². The standard InChI is InChI=1S/C18H14F3N3OS/c1-24-17(26-14-9-5-8-13(10-14)18(19,20)21)15(11-22-25)16(23-24)12-6-3-2-4-7-12/h2-11,25H,1H3/b22-11-. The van der Waals surface area contributed by atoms with Crippen LogP contribution in [0.3, 0.4) is 0 Å². The Hall–Kier alpha value is -2.74. The van der Waals surface area contributed by atoms with E-state index >= 15 is 0 Å². The first-order chi connectivity index (χ1) is 12.4. The van der Waals surface area contributed by atoms with E-state index in [2.05, 4.69) is 10.3 Å². The minimum absolute atomic E-state index is 0.412. The van der Waals surface area contributed by atoms with Crippen LogP contribution in [0.1, 0.15) is 11.1 Å². The van der Waals surface area contributed by atoms with Crippen LogP contribution in [-0.4, -0.2) is 21.2 Å². The van der Waals surface area contributed by atoms with E-state index in [1.165, 1.54) is 12.3 Å². The number of aryl methyl sites for hydroxylation is 1. The summed E-state index contributed by atoms with van der Waals surface area (Å²) >= 11 is 1.12. The molecule has 0 bridgehead atoms. The fourth-order valence-electron chi connectivity index (χ4n) is 2.48. The summed E-state index contributed by atoms with van der Waals surface area (Å²) in [5, 5.41) is 17.1. The highest BCUT2D eigenvalue weighted by molar-refractivity contribution is 7.99. The fourth-order valence-corrected chi connectivity index (χ4v) is 3.46. The molecule has 0 atom stereocenters. The monoisotopic (exact) mass is 377 g/mol. The molecule has 134 valence electrons. The van der Waals surface area contributed by atoms with Crippen LogP contribution in [0.4, 0.5) is 13.2 Å². The molecule has 0 aliphatic carbocycles. The van der Waals surface area contributed by atoms with Crippen molar-refractivity contribution in [2.24, 2.45) is 12.2 Å². The first-order valence-electron chi connectivity index (χ1n) is 7.55. The normalized spacial score (nSPS) is 12.0. The van der Waals surface area contributed by atoms with Crippen LogP contribution >= 0.6 is 11.8 Å². The van der Waals surface area contributed by atoms with Gasteiger partial charge in [-0.1, -0.05) is 53.3 Å². The van der Waals surface area contributed by atoms with E-state index in [1.54, 1.807) is 17.8 Å². The average Bonchev–Trinajstić information content (AvgIpc) is 2.92. The fraction of sp³-hybridized carbons (Fsp3) is 0.111. The Morgan fingerprint density at radius 3 is 2.50 bits per heavy atom. The highest BCUT2D eigenvalue weighted by atomic mass is 32.2. The predicted octanol–water partition coefficient (Wildman–Crippen LogP) is 5.07. The second-order valence-electron chi connectivity index (χ2n) is 5.43. The van der Waals surface area contributed by atoms with Crippen LogP contribution in [0.5, 0.6) is 0 Å². The van der Waals surface area contributed by atoms with Crippen LogP contribution in [-0.2, 0) is 13.2 Å². The van der Waals surface area contributed by atoms with Gasteiger partial charge in [0.15, 0.2) is 0 Å². The maximum absolute atomic E-state index is 12.9. The van der Waals surface area contributed by atoms with Gasteiger partial charge in [0.25, 0.3) is 0 Å². The van der Waals surface area contributed by atoms with Crippen LogP contribution in [0.2, 0.25) is 0 Å². The van der Waals surface area contributed by atoms with Gasteiger partial charge in [0.2, 0.25) is 0 Å². The molecule has 3 aromatic rings. The van der Waals surface area contributed by atoms with E-state index in [0.29, 0.717) is 21.2 Å². The molecule has 0 radical (unpaired) electrons. The van der Waals surface area contributed by atoms with Crippen LogP contribution < -0.4 is 0 Å². The van der Waals surface area contributed by atoms with Crippen molar-refractivity contribution >= 4 is 18.0 Å². The van der Waals surface area contributed by atoms with Gasteiger partial charge in [0, 0.05) is 17.5 Å². The zero-order valence-electron chi connectivity index (χ0n) is 13.6. The molecular formula is C18H14F3N3OS. The molecule has 1 aromatic heterocycles. The van der Waals surface area contributed by atoms with Crippen molar-refractivity contribution in [3.8, 4) is 11.3 Å². The van der Waals surface area contributed by atoms with E-state index in [9.17, 15) is 13.2 Å². The minimum atomic E-state index is -4.41. The molecule has 4 nitrogen and oxygen atoms in total. The summed E-state index contributed by atoms with van der Waals surface area (Å²) in [5.41, 5.74) is 1.21. The van der Waals surface area contributed by atoms with Gasteiger partial charge in [-0.25, -0.2) is 0 Å². The summed E-state index contributed by atoms with van der Waals surface area (Å²) in [6.45, 7) is 0. The first kappa shape index (κ1) is 18.1. The summed E-state index contributed by atoms with van der Waals surface area (Å²) < 4.78 is 40.4. The lowest BCUT2D eigenvalue weighted by molar-refractivity contribution is -0.137. The SMILES string of the molecule is Cn1nc(-c2ccccc2)c(/C=N\O)c1Sc1cccc(C(F)(F)F)c1. The molecule has 1 N–H and O–H groups in total. The van der Waals surface area contributed by atoms with Gasteiger partial charge in [-0.05, 0) is 18.2 Å². The van der Waals surface area contributed by atoms with E-state index in [-0.39, 0.29) is 0 Å². The number of oxime groups is 1. The summed E-state index contributed by atoms with van der Waals surface area (Å²) in [6, 6.07) is 14.3. The maximum atomic E-state index is 12.9. The summed E-state index contributed by atoms with van der Waals surface area (Å²) in [6.07, 6.45) is -3.17. The predicted molar refractivity (Wildman–Crippen MR) is 93.6 cm³/mol. The molecule has 3 rings (SSSR count). The lowest BCUT2D eigenvalue weighted by atomic mass is 10.1. The smallest absolute Gasteiger partial charge is 0.411 e. The largest absolute Gasteiger partial charge is 0.416 e. The molecule has 0 saturated carbocycles. The number of aromatic nitrogens is 2. The van der Waals surface area contributed by atoms with Crippen molar-refractivity contribution in [2.45, 2.75) is 16.1 Å². The van der Waals surface area contributed by atoms with Gasteiger partial charge >= 0.3 is 6.18 Å². The minimum Gasteiger partial charge on any atom is -0.411 e. The second kappa shape index (κ2) is 7.25. The number of rotatable bonds is 4. The van der Waals surface area contributed by atoms with Crippen molar-refractivity contribution in [1.82, 2.24) is 9.78 Å². The lowest BCUT2D eigenvalue weighted by Gasteiger charge is -2.09. The summed E-state index contributed by atoms with van der Waals surface area (Å²) in [4.78, 5) is 0.412. The van der Waals surface area contributed by atoms with Gasteiger partial charge < -0.3 is 5.21 Å². The van der Waals surface area contributed by atoms with Crippen molar-refractivity contribution < 1.29 is 18.4 Å². The van der Waals surface area contributed by atoms with E-state index in [0.717, 1.165) is 29.5 Å².